The van der Waals surface area contributed by atoms with Crippen molar-refractivity contribution < 1.29 is 14.3 Å². The van der Waals surface area contributed by atoms with Gasteiger partial charge in [-0.3, -0.25) is 4.79 Å². The third-order valence-corrected chi connectivity index (χ3v) is 4.30. The molecule has 0 spiro atoms. The van der Waals surface area contributed by atoms with Crippen molar-refractivity contribution in [1.82, 2.24) is 5.32 Å². The lowest BCUT2D eigenvalue weighted by molar-refractivity contribution is -0.142. The van der Waals surface area contributed by atoms with Crippen LogP contribution in [0.4, 0.5) is 0 Å². The number of nitrogens with one attached hydrogen (secondary N) is 1. The van der Waals surface area contributed by atoms with Crippen LogP contribution in [-0.2, 0) is 14.3 Å². The van der Waals surface area contributed by atoms with Crippen LogP contribution in [0.3, 0.4) is 0 Å². The molecule has 4 heteroatoms. The first-order chi connectivity index (χ1) is 9.78. The Balaban J connectivity index is 1.45. The van der Waals surface area contributed by atoms with Crippen LogP contribution in [0, 0.1) is 11.8 Å². The van der Waals surface area contributed by atoms with Gasteiger partial charge in [-0.2, -0.15) is 0 Å². The maximum absolute atomic E-state index is 11.2. The average Bonchev–Trinajstić information content (AvgIpc) is 3.27. The summed E-state index contributed by atoms with van der Waals surface area (Å²) in [4.78, 5) is 11.2. The molecule has 0 unspecified atom stereocenters. The predicted molar refractivity (Wildman–Crippen MR) is 78.5 cm³/mol. The largest absolute Gasteiger partial charge is 0.466 e. The minimum Gasteiger partial charge on any atom is -0.466 e. The van der Waals surface area contributed by atoms with E-state index in [2.05, 4.69) is 5.32 Å². The summed E-state index contributed by atoms with van der Waals surface area (Å²) in [6, 6.07) is 0. The molecule has 0 atom stereocenters. The highest BCUT2D eigenvalue weighted by Gasteiger charge is 2.25. The van der Waals surface area contributed by atoms with Crippen molar-refractivity contribution in [2.45, 2.75) is 58.0 Å². The molecule has 20 heavy (non-hydrogen) atoms. The summed E-state index contributed by atoms with van der Waals surface area (Å²) in [5.74, 6) is 1.52. The van der Waals surface area contributed by atoms with Gasteiger partial charge in [0, 0.05) is 13.2 Å². The third kappa shape index (κ3) is 6.23. The number of esters is 1. The van der Waals surface area contributed by atoms with Crippen LogP contribution >= 0.6 is 0 Å². The smallest absolute Gasteiger partial charge is 0.307 e. The third-order valence-electron chi connectivity index (χ3n) is 4.30. The Kier molecular flexibility index (Phi) is 6.80. The molecule has 0 radical (unpaired) electrons. The molecule has 0 heterocycles. The Morgan fingerprint density at radius 2 is 1.80 bits per heavy atom. The number of carbonyl (C=O) groups is 1. The quantitative estimate of drug-likeness (QED) is 0.522. The summed E-state index contributed by atoms with van der Waals surface area (Å²) in [6.07, 6.45) is 8.65. The fourth-order valence-corrected chi connectivity index (χ4v) is 2.79. The van der Waals surface area contributed by atoms with Gasteiger partial charge in [0.25, 0.3) is 0 Å². The zero-order chi connectivity index (χ0) is 14.2. The maximum Gasteiger partial charge on any atom is 0.307 e. The Bertz CT molecular complexity index is 283. The number of rotatable bonds is 9. The summed E-state index contributed by atoms with van der Waals surface area (Å²) in [6.45, 7) is 5.07. The van der Waals surface area contributed by atoms with Crippen molar-refractivity contribution in [3.8, 4) is 0 Å². The monoisotopic (exact) mass is 283 g/mol. The van der Waals surface area contributed by atoms with Gasteiger partial charge in [-0.1, -0.05) is 0 Å². The lowest BCUT2D eigenvalue weighted by Crippen LogP contribution is -2.30. The normalized spacial score (nSPS) is 26.4. The van der Waals surface area contributed by atoms with Gasteiger partial charge in [0.15, 0.2) is 0 Å². The molecule has 2 saturated carbocycles. The summed E-state index contributed by atoms with van der Waals surface area (Å²) in [7, 11) is 0. The lowest BCUT2D eigenvalue weighted by Gasteiger charge is -2.28. The summed E-state index contributed by atoms with van der Waals surface area (Å²) in [5, 5.41) is 3.38. The molecule has 4 nitrogen and oxygen atoms in total. The molecule has 0 aromatic carbocycles. The lowest BCUT2D eigenvalue weighted by atomic mass is 9.87. The van der Waals surface area contributed by atoms with E-state index in [4.69, 9.17) is 9.47 Å². The van der Waals surface area contributed by atoms with Crippen LogP contribution in [0.15, 0.2) is 0 Å². The highest BCUT2D eigenvalue weighted by Crippen LogP contribution is 2.31. The van der Waals surface area contributed by atoms with Crippen molar-refractivity contribution in [2.24, 2.45) is 11.8 Å². The number of carbonyl (C=O) groups excluding carboxylic acids is 1. The molecule has 2 rings (SSSR count). The first-order valence-electron chi connectivity index (χ1n) is 8.26. The van der Waals surface area contributed by atoms with Crippen molar-refractivity contribution in [1.29, 1.82) is 0 Å². The SMILES string of the molecule is CCOC(=O)CCNC[C@H]1CC[C@H](OCC2CC2)CC1. The summed E-state index contributed by atoms with van der Waals surface area (Å²) in [5.41, 5.74) is 0. The van der Waals surface area contributed by atoms with E-state index in [1.54, 1.807) is 0 Å². The molecule has 1 N–H and O–H groups in total. The van der Waals surface area contributed by atoms with Gasteiger partial charge >= 0.3 is 5.97 Å². The van der Waals surface area contributed by atoms with Crippen LogP contribution in [-0.4, -0.2) is 38.4 Å². The van der Waals surface area contributed by atoms with Crippen LogP contribution < -0.4 is 5.32 Å². The van der Waals surface area contributed by atoms with Crippen LogP contribution in [0.25, 0.3) is 0 Å². The molecular weight excluding hydrogens is 254 g/mol. The predicted octanol–water partition coefficient (Wildman–Crippen LogP) is 2.51. The van der Waals surface area contributed by atoms with Crippen LogP contribution in [0.2, 0.25) is 0 Å². The molecule has 2 fully saturated rings. The molecule has 0 aliphatic heterocycles. The molecule has 116 valence electrons. The Hall–Kier alpha value is -0.610. The Morgan fingerprint density at radius 1 is 1.10 bits per heavy atom. The first-order valence-corrected chi connectivity index (χ1v) is 8.26. The van der Waals surface area contributed by atoms with Gasteiger partial charge in [-0.25, -0.2) is 0 Å². The molecular formula is C16H29NO3. The van der Waals surface area contributed by atoms with E-state index in [1.165, 1.54) is 38.5 Å². The van der Waals surface area contributed by atoms with E-state index in [0.717, 1.165) is 31.5 Å². The van der Waals surface area contributed by atoms with Crippen molar-refractivity contribution in [3.05, 3.63) is 0 Å². The van der Waals surface area contributed by atoms with Gasteiger partial charge in [0.05, 0.1) is 19.1 Å². The highest BCUT2D eigenvalue weighted by molar-refractivity contribution is 5.69. The topological polar surface area (TPSA) is 47.6 Å². The van der Waals surface area contributed by atoms with Gasteiger partial charge < -0.3 is 14.8 Å². The second-order valence-electron chi connectivity index (χ2n) is 6.18. The van der Waals surface area contributed by atoms with E-state index in [1.807, 2.05) is 6.92 Å². The molecule has 0 amide bonds. The fraction of sp³-hybridized carbons (Fsp3) is 0.938. The zero-order valence-corrected chi connectivity index (χ0v) is 12.7. The van der Waals surface area contributed by atoms with Gasteiger partial charge in [-0.15, -0.1) is 0 Å². The summed E-state index contributed by atoms with van der Waals surface area (Å²) < 4.78 is 10.9. The van der Waals surface area contributed by atoms with Gasteiger partial charge in [-0.05, 0) is 63.8 Å². The summed E-state index contributed by atoms with van der Waals surface area (Å²) >= 11 is 0. The number of hydrogen-bond acceptors (Lipinski definition) is 4. The first kappa shape index (κ1) is 15.8. The molecule has 0 aromatic rings. The van der Waals surface area contributed by atoms with Crippen molar-refractivity contribution in [3.63, 3.8) is 0 Å². The second-order valence-corrected chi connectivity index (χ2v) is 6.18. The van der Waals surface area contributed by atoms with E-state index < -0.39 is 0 Å². The van der Waals surface area contributed by atoms with Crippen LogP contribution in [0.1, 0.15) is 51.9 Å². The zero-order valence-electron chi connectivity index (χ0n) is 12.7. The van der Waals surface area contributed by atoms with Crippen molar-refractivity contribution >= 4 is 5.97 Å². The molecule has 0 bridgehead atoms. The minimum atomic E-state index is -0.0998. The minimum absolute atomic E-state index is 0.0998. The van der Waals surface area contributed by atoms with Gasteiger partial charge in [0.1, 0.15) is 0 Å². The maximum atomic E-state index is 11.2. The van der Waals surface area contributed by atoms with E-state index >= 15 is 0 Å². The molecule has 2 aliphatic carbocycles. The average molecular weight is 283 g/mol. The fourth-order valence-electron chi connectivity index (χ4n) is 2.79. The Labute approximate surface area is 122 Å². The van der Waals surface area contributed by atoms with Gasteiger partial charge in [0.2, 0.25) is 0 Å². The highest BCUT2D eigenvalue weighted by atomic mass is 16.5. The standard InChI is InChI=1S/C16H29NO3/c1-2-19-16(18)9-10-17-11-13-5-7-15(8-6-13)20-12-14-3-4-14/h13-15,17H,2-12H2,1H3/t13-,15-. The van der Waals surface area contributed by atoms with E-state index in [0.29, 0.717) is 19.1 Å². The number of hydrogen-bond donors (Lipinski definition) is 1. The van der Waals surface area contributed by atoms with Crippen LogP contribution in [0.5, 0.6) is 0 Å². The van der Waals surface area contributed by atoms with E-state index in [-0.39, 0.29) is 5.97 Å². The molecule has 0 saturated heterocycles. The second kappa shape index (κ2) is 8.63. The Morgan fingerprint density at radius 3 is 2.45 bits per heavy atom. The van der Waals surface area contributed by atoms with Crippen molar-refractivity contribution in [2.75, 3.05) is 26.3 Å². The molecule has 0 aromatic heterocycles. The number of ether oxygens (including phenoxy) is 2. The van der Waals surface area contributed by atoms with E-state index in [9.17, 15) is 4.79 Å². The molecule has 2 aliphatic rings.